The molecule has 4 atom stereocenters. The topological polar surface area (TPSA) is 82.3 Å². The van der Waals surface area contributed by atoms with E-state index < -0.39 is 0 Å². The van der Waals surface area contributed by atoms with Crippen molar-refractivity contribution in [3.8, 4) is 0 Å². The monoisotopic (exact) mass is 314 g/mol. The van der Waals surface area contributed by atoms with Gasteiger partial charge in [-0.2, -0.15) is 11.8 Å². The number of amides is 3. The molecule has 0 aromatic rings. The van der Waals surface area contributed by atoms with Gasteiger partial charge in [-0.05, 0) is 26.3 Å². The third-order valence-electron chi connectivity index (χ3n) is 4.12. The highest BCUT2D eigenvalue weighted by Crippen LogP contribution is 2.32. The number of hydrogen-bond acceptors (Lipinski definition) is 4. The van der Waals surface area contributed by atoms with Gasteiger partial charge in [-0.3, -0.25) is 4.79 Å². The van der Waals surface area contributed by atoms with Crippen LogP contribution in [-0.2, 0) is 4.79 Å². The molecule has 0 aliphatic carbocycles. The minimum Gasteiger partial charge on any atom is -0.359 e. The Labute approximate surface area is 130 Å². The highest BCUT2D eigenvalue weighted by molar-refractivity contribution is 8.00. The van der Waals surface area contributed by atoms with Crippen molar-refractivity contribution in [2.24, 2.45) is 0 Å². The molecular weight excluding hydrogens is 288 g/mol. The lowest BCUT2D eigenvalue weighted by Crippen LogP contribution is -2.37. The molecule has 4 N–H and O–H groups in total. The Kier molecular flexibility index (Phi) is 6.17. The second kappa shape index (κ2) is 7.89. The Morgan fingerprint density at radius 1 is 1.43 bits per heavy atom. The highest BCUT2D eigenvalue weighted by atomic mass is 32.2. The zero-order chi connectivity index (χ0) is 15.2. The fourth-order valence-electron chi connectivity index (χ4n) is 2.91. The molecule has 2 rings (SSSR count). The first-order valence-electron chi connectivity index (χ1n) is 7.72. The molecule has 0 radical (unpaired) electrons. The maximum absolute atomic E-state index is 11.3. The summed E-state index contributed by atoms with van der Waals surface area (Å²) in [5, 5.41) is 12.5. The van der Waals surface area contributed by atoms with Crippen LogP contribution in [0.3, 0.4) is 0 Å². The average Bonchev–Trinajstić information content (AvgIpc) is 2.98. The number of unbranched alkanes of at least 4 members (excludes halogenated alkanes) is 1. The van der Waals surface area contributed by atoms with Gasteiger partial charge in [0.25, 0.3) is 0 Å². The van der Waals surface area contributed by atoms with Crippen molar-refractivity contribution in [1.29, 1.82) is 0 Å². The van der Waals surface area contributed by atoms with Gasteiger partial charge >= 0.3 is 6.03 Å². The maximum atomic E-state index is 11.3. The largest absolute Gasteiger partial charge is 0.359 e. The van der Waals surface area contributed by atoms with Crippen molar-refractivity contribution in [2.45, 2.75) is 56.0 Å². The van der Waals surface area contributed by atoms with E-state index in [1.54, 1.807) is 7.05 Å². The zero-order valence-electron chi connectivity index (χ0n) is 12.8. The number of carbonyl (C=O) groups is 2. The van der Waals surface area contributed by atoms with Gasteiger partial charge in [0.2, 0.25) is 5.91 Å². The molecule has 0 spiro atoms. The predicted molar refractivity (Wildman–Crippen MR) is 85.5 cm³/mol. The summed E-state index contributed by atoms with van der Waals surface area (Å²) in [5.74, 6) is 1.10. The van der Waals surface area contributed by atoms with Crippen LogP contribution in [0.4, 0.5) is 4.79 Å². The summed E-state index contributed by atoms with van der Waals surface area (Å²) in [4.78, 5) is 22.5. The van der Waals surface area contributed by atoms with E-state index in [0.29, 0.717) is 23.8 Å². The molecule has 2 fully saturated rings. The van der Waals surface area contributed by atoms with Crippen molar-refractivity contribution >= 4 is 23.7 Å². The molecule has 0 bridgehead atoms. The van der Waals surface area contributed by atoms with Crippen molar-refractivity contribution < 1.29 is 9.59 Å². The molecule has 2 aliphatic heterocycles. The summed E-state index contributed by atoms with van der Waals surface area (Å²) in [7, 11) is 1.66. The van der Waals surface area contributed by atoms with E-state index in [4.69, 9.17) is 0 Å². The van der Waals surface area contributed by atoms with Crippen molar-refractivity contribution in [3.63, 3.8) is 0 Å². The van der Waals surface area contributed by atoms with E-state index in [2.05, 4.69) is 21.3 Å². The quantitative estimate of drug-likeness (QED) is 0.387. The summed E-state index contributed by atoms with van der Waals surface area (Å²) < 4.78 is 0. The summed E-state index contributed by atoms with van der Waals surface area (Å²) in [6.07, 6.45) is 3.92. The summed E-state index contributed by atoms with van der Waals surface area (Å²) >= 11 is 1.96. The van der Waals surface area contributed by atoms with Gasteiger partial charge in [-0.1, -0.05) is 6.42 Å². The predicted octanol–water partition coefficient (Wildman–Crippen LogP) is 0.436. The smallest absolute Gasteiger partial charge is 0.315 e. The van der Waals surface area contributed by atoms with E-state index in [1.165, 1.54) is 0 Å². The normalized spacial score (nSPS) is 28.7. The number of rotatable bonds is 8. The second-order valence-corrected chi connectivity index (χ2v) is 7.12. The molecule has 0 aromatic heterocycles. The molecule has 2 aliphatic rings. The molecule has 3 amide bonds. The maximum Gasteiger partial charge on any atom is 0.315 e. The lowest BCUT2D eigenvalue weighted by Gasteiger charge is -2.17. The number of hydrogen-bond donors (Lipinski definition) is 4. The number of urea groups is 1. The van der Waals surface area contributed by atoms with Gasteiger partial charge in [-0.25, -0.2) is 4.79 Å². The second-order valence-electron chi connectivity index (χ2n) is 5.85. The van der Waals surface area contributed by atoms with E-state index in [0.717, 1.165) is 31.6 Å². The standard InChI is InChI=1S/C14H26N4O2S/c1-9(7-12(19)15-2)16-6-4-3-5-11-13-10(8-21-11)17-14(20)18-13/h9-11,13,16H,3-8H2,1-2H3,(H,15,19)(H2,17,18,20). The summed E-state index contributed by atoms with van der Waals surface area (Å²) in [6, 6.07) is 0.828. The van der Waals surface area contributed by atoms with Gasteiger partial charge in [-0.15, -0.1) is 0 Å². The zero-order valence-corrected chi connectivity index (χ0v) is 13.6. The number of nitrogens with one attached hydrogen (secondary N) is 4. The van der Waals surface area contributed by atoms with E-state index in [-0.39, 0.29) is 18.0 Å². The first kappa shape index (κ1) is 16.4. The lowest BCUT2D eigenvalue weighted by molar-refractivity contribution is -0.121. The van der Waals surface area contributed by atoms with Gasteiger partial charge in [0.15, 0.2) is 0 Å². The van der Waals surface area contributed by atoms with Crippen LogP contribution in [0.25, 0.3) is 0 Å². The Bertz CT molecular complexity index is 380. The van der Waals surface area contributed by atoms with E-state index in [1.807, 2.05) is 18.7 Å². The van der Waals surface area contributed by atoms with Gasteiger partial charge in [0.1, 0.15) is 0 Å². The minimum absolute atomic E-state index is 0.0139. The van der Waals surface area contributed by atoms with Crippen LogP contribution in [0, 0.1) is 0 Å². The fourth-order valence-corrected chi connectivity index (χ4v) is 4.46. The number of fused-ring (bicyclic) bond motifs is 1. The van der Waals surface area contributed by atoms with Gasteiger partial charge in [0.05, 0.1) is 12.1 Å². The Balaban J connectivity index is 1.54. The van der Waals surface area contributed by atoms with E-state index in [9.17, 15) is 9.59 Å². The lowest BCUT2D eigenvalue weighted by atomic mass is 10.0. The third kappa shape index (κ3) is 4.78. The van der Waals surface area contributed by atoms with Crippen LogP contribution < -0.4 is 21.3 Å². The summed E-state index contributed by atoms with van der Waals surface area (Å²) in [6.45, 7) is 2.97. The Morgan fingerprint density at radius 2 is 2.24 bits per heavy atom. The SMILES string of the molecule is CNC(=O)CC(C)NCCCCC1SCC2NC(=O)NC21. The molecule has 7 heteroatoms. The van der Waals surface area contributed by atoms with Crippen LogP contribution in [0.1, 0.15) is 32.6 Å². The van der Waals surface area contributed by atoms with Crippen molar-refractivity contribution in [3.05, 3.63) is 0 Å². The minimum atomic E-state index is -0.0139. The first-order chi connectivity index (χ1) is 10.1. The molecule has 2 saturated heterocycles. The van der Waals surface area contributed by atoms with Crippen LogP contribution in [-0.4, -0.2) is 54.7 Å². The average molecular weight is 314 g/mol. The first-order valence-corrected chi connectivity index (χ1v) is 8.77. The van der Waals surface area contributed by atoms with Crippen LogP contribution in [0.2, 0.25) is 0 Å². The molecule has 120 valence electrons. The van der Waals surface area contributed by atoms with Gasteiger partial charge in [0, 0.05) is 30.5 Å². The Hall–Kier alpha value is -0.950. The van der Waals surface area contributed by atoms with Gasteiger partial charge < -0.3 is 21.3 Å². The van der Waals surface area contributed by atoms with Crippen LogP contribution in [0.15, 0.2) is 0 Å². The Morgan fingerprint density at radius 3 is 3.00 bits per heavy atom. The molecule has 2 heterocycles. The fraction of sp³-hybridized carbons (Fsp3) is 0.857. The highest BCUT2D eigenvalue weighted by Gasteiger charge is 2.42. The molecule has 6 nitrogen and oxygen atoms in total. The van der Waals surface area contributed by atoms with Crippen LogP contribution >= 0.6 is 11.8 Å². The number of carbonyl (C=O) groups excluding carboxylic acids is 2. The number of thioether (sulfide) groups is 1. The summed E-state index contributed by atoms with van der Waals surface area (Å²) in [5.41, 5.74) is 0. The third-order valence-corrected chi connectivity index (χ3v) is 5.63. The molecule has 4 unspecified atom stereocenters. The molecule has 0 saturated carbocycles. The molecule has 0 aromatic carbocycles. The van der Waals surface area contributed by atoms with Crippen molar-refractivity contribution in [2.75, 3.05) is 19.3 Å². The van der Waals surface area contributed by atoms with Crippen LogP contribution in [0.5, 0.6) is 0 Å². The van der Waals surface area contributed by atoms with E-state index >= 15 is 0 Å². The van der Waals surface area contributed by atoms with Crippen molar-refractivity contribution in [1.82, 2.24) is 21.3 Å². The molecular formula is C14H26N4O2S. The molecule has 21 heavy (non-hydrogen) atoms.